The Morgan fingerprint density at radius 1 is 1.30 bits per heavy atom. The maximum absolute atomic E-state index is 11.8. The molecule has 1 saturated heterocycles. The molecule has 0 amide bonds. The van der Waals surface area contributed by atoms with Gasteiger partial charge in [0.25, 0.3) is 0 Å². The van der Waals surface area contributed by atoms with Gasteiger partial charge in [-0.15, -0.1) is 11.6 Å². The Morgan fingerprint density at radius 3 is 2.50 bits per heavy atom. The second-order valence-electron chi connectivity index (χ2n) is 5.52. The number of hydrogen-bond donors (Lipinski definition) is 0. The number of alkyl halides is 1. The van der Waals surface area contributed by atoms with Crippen LogP contribution in [0.5, 0.6) is 0 Å². The second-order valence-corrected chi connectivity index (χ2v) is 5.79. The number of halogens is 1. The lowest BCUT2D eigenvalue weighted by atomic mass is 9.76. The highest BCUT2D eigenvalue weighted by Crippen LogP contribution is 2.38. The molecule has 1 aliphatic heterocycles. The Hall–Kier alpha value is -1.04. The van der Waals surface area contributed by atoms with Gasteiger partial charge in [-0.3, -0.25) is 0 Å². The van der Waals surface area contributed by atoms with Gasteiger partial charge in [-0.25, -0.2) is 4.79 Å². The molecule has 0 aromatic heterocycles. The van der Waals surface area contributed by atoms with Crippen LogP contribution in [0.2, 0.25) is 0 Å². The zero-order valence-corrected chi connectivity index (χ0v) is 12.9. The van der Waals surface area contributed by atoms with Crippen LogP contribution < -0.4 is 5.46 Å². The van der Waals surface area contributed by atoms with E-state index in [0.717, 1.165) is 0 Å². The van der Waals surface area contributed by atoms with Gasteiger partial charge in [0.2, 0.25) is 0 Å². The van der Waals surface area contributed by atoms with E-state index >= 15 is 0 Å². The van der Waals surface area contributed by atoms with E-state index in [1.165, 1.54) is 7.11 Å². The van der Waals surface area contributed by atoms with Crippen LogP contribution in [0.3, 0.4) is 0 Å². The normalized spacial score (nSPS) is 24.8. The number of carbonyl (C=O) groups is 1. The van der Waals surface area contributed by atoms with Crippen molar-refractivity contribution in [1.82, 2.24) is 0 Å². The molecule has 0 spiro atoms. The zero-order chi connectivity index (χ0) is 15.0. The highest BCUT2D eigenvalue weighted by molar-refractivity contribution is 6.63. The van der Waals surface area contributed by atoms with Gasteiger partial charge < -0.3 is 14.0 Å². The van der Waals surface area contributed by atoms with Crippen molar-refractivity contribution in [3.63, 3.8) is 0 Å². The largest absolute Gasteiger partial charge is 0.495 e. The average molecular weight is 297 g/mol. The van der Waals surface area contributed by atoms with Crippen LogP contribution in [0.4, 0.5) is 0 Å². The molecule has 0 bridgehead atoms. The first-order chi connectivity index (χ1) is 9.34. The summed E-state index contributed by atoms with van der Waals surface area (Å²) in [6.07, 6.45) is 0. The summed E-state index contributed by atoms with van der Waals surface area (Å²) in [6, 6.07) is 7.10. The molecule has 1 fully saturated rings. The quantitative estimate of drug-likeness (QED) is 0.486. The summed E-state index contributed by atoms with van der Waals surface area (Å²) in [6.45, 7) is 5.76. The van der Waals surface area contributed by atoms with Crippen molar-refractivity contribution in [3.8, 4) is 0 Å². The van der Waals surface area contributed by atoms with Crippen molar-refractivity contribution in [2.24, 2.45) is 0 Å². The van der Waals surface area contributed by atoms with E-state index in [0.29, 0.717) is 16.9 Å². The summed E-state index contributed by atoms with van der Waals surface area (Å²) in [4.78, 5) is 11.8. The van der Waals surface area contributed by atoms with Crippen molar-refractivity contribution < 1.29 is 18.8 Å². The van der Waals surface area contributed by atoms with Gasteiger partial charge >= 0.3 is 13.1 Å². The van der Waals surface area contributed by atoms with Gasteiger partial charge in [0.15, 0.2) is 0 Å². The minimum absolute atomic E-state index is 0.302. The molecule has 1 atom stereocenters. The lowest BCUT2D eigenvalue weighted by Crippen LogP contribution is -2.46. The van der Waals surface area contributed by atoms with Crippen LogP contribution in [0, 0.1) is 0 Å². The van der Waals surface area contributed by atoms with Gasteiger partial charge in [-0.1, -0.05) is 18.2 Å². The summed E-state index contributed by atoms with van der Waals surface area (Å²) in [5.74, 6) is -0.109. The van der Waals surface area contributed by atoms with E-state index in [-0.39, 0.29) is 0 Å². The first kappa shape index (κ1) is 15.4. The minimum Gasteiger partial charge on any atom is -0.465 e. The lowest BCUT2D eigenvalue weighted by molar-refractivity contribution is 0.00860. The molecular weight excluding hydrogens is 278 g/mol. The van der Waals surface area contributed by atoms with E-state index in [1.807, 2.05) is 26.8 Å². The lowest BCUT2D eigenvalue weighted by Gasteiger charge is -2.34. The molecular formula is C14H18BClO4. The number of methoxy groups -OCH3 is 1. The summed E-state index contributed by atoms with van der Waals surface area (Å²) in [5.41, 5.74) is -0.0821. The number of benzene rings is 1. The van der Waals surface area contributed by atoms with Crippen LogP contribution in [0.25, 0.3) is 0 Å². The molecule has 20 heavy (non-hydrogen) atoms. The number of ether oxygens (including phenoxy) is 1. The Kier molecular flexibility index (Phi) is 4.14. The average Bonchev–Trinajstić information content (AvgIpc) is 2.69. The third-order valence-electron chi connectivity index (χ3n) is 3.92. The van der Waals surface area contributed by atoms with Gasteiger partial charge in [0.1, 0.15) is 0 Å². The second kappa shape index (κ2) is 5.39. The molecule has 2 rings (SSSR count). The minimum atomic E-state index is -0.635. The number of rotatable bonds is 3. The van der Waals surface area contributed by atoms with Gasteiger partial charge in [0, 0.05) is 0 Å². The molecule has 0 radical (unpaired) electrons. The van der Waals surface area contributed by atoms with E-state index in [9.17, 15) is 4.79 Å². The Balaban J connectivity index is 2.38. The van der Waals surface area contributed by atoms with Crippen LogP contribution >= 0.6 is 11.6 Å². The smallest absolute Gasteiger partial charge is 0.465 e. The molecule has 4 nitrogen and oxygen atoms in total. The molecule has 1 aliphatic rings. The summed E-state index contributed by atoms with van der Waals surface area (Å²) in [5, 5.41) is 0. The molecule has 1 heterocycles. The van der Waals surface area contributed by atoms with E-state index in [1.54, 1.807) is 18.2 Å². The predicted octanol–water partition coefficient (Wildman–Crippen LogP) is 1.99. The Morgan fingerprint density at radius 2 is 1.95 bits per heavy atom. The molecule has 0 saturated carbocycles. The summed E-state index contributed by atoms with van der Waals surface area (Å²) < 4.78 is 16.7. The van der Waals surface area contributed by atoms with Crippen molar-refractivity contribution in [2.75, 3.05) is 13.0 Å². The third kappa shape index (κ3) is 2.46. The highest BCUT2D eigenvalue weighted by Gasteiger charge is 2.54. The molecule has 1 unspecified atom stereocenters. The molecule has 108 valence electrons. The topological polar surface area (TPSA) is 44.8 Å². The standard InChI is InChI=1S/C14H18BClO4/c1-13(2)14(3,9-16)20-15(19-13)11-8-6-5-7-10(11)12(17)18-4/h5-8H,9H2,1-4H3. The summed E-state index contributed by atoms with van der Waals surface area (Å²) in [7, 11) is 0.714. The van der Waals surface area contributed by atoms with Gasteiger partial charge in [-0.2, -0.15) is 0 Å². The fraction of sp³-hybridized carbons (Fsp3) is 0.500. The maximum Gasteiger partial charge on any atom is 0.495 e. The van der Waals surface area contributed by atoms with Crippen molar-refractivity contribution >= 4 is 30.2 Å². The van der Waals surface area contributed by atoms with E-state index in [2.05, 4.69) is 0 Å². The fourth-order valence-electron chi connectivity index (χ4n) is 2.11. The molecule has 1 aromatic carbocycles. The van der Waals surface area contributed by atoms with Crippen LogP contribution in [0.1, 0.15) is 31.1 Å². The highest BCUT2D eigenvalue weighted by atomic mass is 35.5. The summed E-state index contributed by atoms with van der Waals surface area (Å²) >= 11 is 6.02. The van der Waals surface area contributed by atoms with Gasteiger partial charge in [0.05, 0.1) is 29.8 Å². The molecule has 0 N–H and O–H groups in total. The van der Waals surface area contributed by atoms with Crippen molar-refractivity contribution in [1.29, 1.82) is 0 Å². The molecule has 0 aliphatic carbocycles. The Labute approximate surface area is 124 Å². The predicted molar refractivity (Wildman–Crippen MR) is 78.5 cm³/mol. The van der Waals surface area contributed by atoms with E-state index in [4.69, 9.17) is 25.6 Å². The van der Waals surface area contributed by atoms with Crippen LogP contribution in [0.15, 0.2) is 24.3 Å². The monoisotopic (exact) mass is 296 g/mol. The first-order valence-corrected chi connectivity index (χ1v) is 6.97. The SMILES string of the molecule is COC(=O)c1ccccc1B1OC(C)(C)C(C)(CCl)O1. The Bertz CT molecular complexity index is 520. The first-order valence-electron chi connectivity index (χ1n) is 6.43. The zero-order valence-electron chi connectivity index (χ0n) is 12.1. The maximum atomic E-state index is 11.8. The number of esters is 1. The third-order valence-corrected chi connectivity index (χ3v) is 4.43. The fourth-order valence-corrected chi connectivity index (χ4v) is 2.50. The molecule has 6 heteroatoms. The van der Waals surface area contributed by atoms with Gasteiger partial charge in [-0.05, 0) is 32.3 Å². The van der Waals surface area contributed by atoms with Crippen molar-refractivity contribution in [2.45, 2.75) is 32.0 Å². The number of hydrogen-bond acceptors (Lipinski definition) is 4. The molecule has 1 aromatic rings. The van der Waals surface area contributed by atoms with Crippen molar-refractivity contribution in [3.05, 3.63) is 29.8 Å². The van der Waals surface area contributed by atoms with E-state index < -0.39 is 24.3 Å². The van der Waals surface area contributed by atoms with Crippen LogP contribution in [-0.2, 0) is 14.0 Å². The van der Waals surface area contributed by atoms with Crippen LogP contribution in [-0.4, -0.2) is 37.3 Å². The number of carbonyl (C=O) groups excluding carboxylic acids is 1.